The minimum atomic E-state index is 0.147. The Labute approximate surface area is 197 Å². The minimum absolute atomic E-state index is 0.147. The molecule has 33 heavy (non-hydrogen) atoms. The highest BCUT2D eigenvalue weighted by Crippen LogP contribution is 2.31. The number of hydrogen-bond donors (Lipinski definition) is 1. The average molecular weight is 449 g/mol. The van der Waals surface area contributed by atoms with E-state index in [2.05, 4.69) is 40.4 Å². The van der Waals surface area contributed by atoms with Crippen molar-refractivity contribution in [3.8, 4) is 0 Å². The summed E-state index contributed by atoms with van der Waals surface area (Å²) < 4.78 is 0. The minimum Gasteiger partial charge on any atom is -0.374 e. The third kappa shape index (κ3) is 4.56. The molecule has 1 saturated heterocycles. The first-order valence-electron chi connectivity index (χ1n) is 12.4. The molecule has 1 atom stereocenters. The quantitative estimate of drug-likeness (QED) is 0.775. The molecule has 3 aliphatic heterocycles. The van der Waals surface area contributed by atoms with Crippen molar-refractivity contribution in [2.24, 2.45) is 0 Å². The van der Waals surface area contributed by atoms with Gasteiger partial charge in [0.1, 0.15) is 11.6 Å². The van der Waals surface area contributed by atoms with Gasteiger partial charge in [-0.15, -0.1) is 0 Å². The first kappa shape index (κ1) is 22.1. The first-order valence-corrected chi connectivity index (χ1v) is 12.4. The van der Waals surface area contributed by atoms with Gasteiger partial charge in [0.05, 0.1) is 5.69 Å². The third-order valence-corrected chi connectivity index (χ3v) is 7.53. The molecule has 1 fully saturated rings. The number of amides is 1. The number of carbonyl (C=O) groups excluding carboxylic acids is 1. The lowest BCUT2D eigenvalue weighted by atomic mass is 9.96. The number of nitrogens with one attached hydrogen (secondary N) is 1. The van der Waals surface area contributed by atoms with Crippen molar-refractivity contribution in [1.82, 2.24) is 19.8 Å². The number of aryl methyl sites for hydroxylation is 1. The van der Waals surface area contributed by atoms with Gasteiger partial charge in [-0.1, -0.05) is 12.1 Å². The molecule has 0 unspecified atom stereocenters. The summed E-state index contributed by atoms with van der Waals surface area (Å²) in [5, 5.41) is 3.32. The number of fused-ring (bicyclic) bond motifs is 2. The summed E-state index contributed by atoms with van der Waals surface area (Å²) in [6, 6.07) is 6.99. The number of rotatable bonds is 4. The fourth-order valence-electron chi connectivity index (χ4n) is 5.70. The van der Waals surface area contributed by atoms with Gasteiger partial charge in [-0.2, -0.15) is 0 Å². The van der Waals surface area contributed by atoms with E-state index in [1.165, 1.54) is 35.2 Å². The van der Waals surface area contributed by atoms with Gasteiger partial charge in [0.15, 0.2) is 0 Å². The Bertz CT molecular complexity index is 1040. The van der Waals surface area contributed by atoms with Crippen molar-refractivity contribution >= 4 is 17.4 Å². The molecule has 0 radical (unpaired) electrons. The van der Waals surface area contributed by atoms with Gasteiger partial charge in [0.2, 0.25) is 5.91 Å². The second kappa shape index (κ2) is 9.29. The predicted octanol–water partition coefficient (Wildman–Crippen LogP) is 3.18. The van der Waals surface area contributed by atoms with Gasteiger partial charge in [-0.3, -0.25) is 9.69 Å². The van der Waals surface area contributed by atoms with Crippen molar-refractivity contribution in [1.29, 1.82) is 0 Å². The van der Waals surface area contributed by atoms with E-state index in [1.807, 2.05) is 11.9 Å². The first-order chi connectivity index (χ1) is 16.0. The molecule has 0 spiro atoms. The van der Waals surface area contributed by atoms with Crippen LogP contribution in [0.5, 0.6) is 0 Å². The molecule has 4 heterocycles. The van der Waals surface area contributed by atoms with Crippen molar-refractivity contribution in [2.75, 3.05) is 50.5 Å². The number of benzene rings is 1. The number of aromatic nitrogens is 2. The van der Waals surface area contributed by atoms with Crippen LogP contribution in [-0.4, -0.2) is 65.9 Å². The molecule has 0 saturated carbocycles. The monoisotopic (exact) mass is 448 g/mol. The fraction of sp³-hybridized carbons (Fsp3) is 0.577. The lowest BCUT2D eigenvalue weighted by molar-refractivity contribution is -0.130. The number of hydrogen-bond acceptors (Lipinski definition) is 6. The predicted molar refractivity (Wildman–Crippen MR) is 132 cm³/mol. The average Bonchev–Trinajstić information content (AvgIpc) is 2.83. The Kier molecular flexibility index (Phi) is 6.23. The maximum Gasteiger partial charge on any atom is 0.219 e. The van der Waals surface area contributed by atoms with Crippen molar-refractivity contribution in [3.63, 3.8) is 0 Å². The van der Waals surface area contributed by atoms with E-state index in [0.29, 0.717) is 0 Å². The van der Waals surface area contributed by atoms with Gasteiger partial charge in [-0.25, -0.2) is 9.97 Å². The lowest BCUT2D eigenvalue weighted by Crippen LogP contribution is -2.38. The van der Waals surface area contributed by atoms with Crippen LogP contribution in [0.4, 0.5) is 11.5 Å². The van der Waals surface area contributed by atoms with E-state index in [4.69, 9.17) is 9.97 Å². The van der Waals surface area contributed by atoms with Gasteiger partial charge < -0.3 is 15.1 Å². The number of nitrogens with zero attached hydrogens (tertiary/aromatic N) is 5. The van der Waals surface area contributed by atoms with Crippen LogP contribution >= 0.6 is 0 Å². The lowest BCUT2D eigenvalue weighted by Gasteiger charge is -2.33. The highest BCUT2D eigenvalue weighted by atomic mass is 16.2. The molecule has 1 N–H and O–H groups in total. The van der Waals surface area contributed by atoms with Crippen LogP contribution in [-0.2, 0) is 30.7 Å². The van der Waals surface area contributed by atoms with Crippen LogP contribution in [0.3, 0.4) is 0 Å². The summed E-state index contributed by atoms with van der Waals surface area (Å²) >= 11 is 0. The number of anilines is 2. The largest absolute Gasteiger partial charge is 0.374 e. The molecule has 1 amide bonds. The van der Waals surface area contributed by atoms with E-state index in [-0.39, 0.29) is 11.8 Å². The summed E-state index contributed by atoms with van der Waals surface area (Å²) in [7, 11) is 4.14. The number of likely N-dealkylation sites (tertiary alicyclic amines) is 1. The topological polar surface area (TPSA) is 64.6 Å². The highest BCUT2D eigenvalue weighted by molar-refractivity contribution is 5.73. The second-order valence-corrected chi connectivity index (χ2v) is 9.86. The Hall–Kier alpha value is -2.67. The standard InChI is InChI=1S/C26H36N6O/c1-18(33)32-12-5-7-21(16-32)25-28-23-17-31(13-10-22(23)26(27-2)29-25)15-19-8-9-24-20(14-19)6-4-11-30(24)3/h8-9,14,21H,4-7,10-13,15-17H2,1-3H3,(H,27,28,29)/t21-/m0/s1. The van der Waals surface area contributed by atoms with E-state index in [9.17, 15) is 4.79 Å². The van der Waals surface area contributed by atoms with Crippen LogP contribution in [0.1, 0.15) is 60.3 Å². The zero-order chi connectivity index (χ0) is 22.9. The molecular formula is C26H36N6O. The van der Waals surface area contributed by atoms with Crippen LogP contribution in [0.15, 0.2) is 18.2 Å². The van der Waals surface area contributed by atoms with Crippen LogP contribution in [0.2, 0.25) is 0 Å². The summed E-state index contributed by atoms with van der Waals surface area (Å²) in [6.07, 6.45) is 5.43. The normalized spacial score (nSPS) is 20.9. The van der Waals surface area contributed by atoms with Gasteiger partial charge >= 0.3 is 0 Å². The van der Waals surface area contributed by atoms with E-state index in [1.54, 1.807) is 6.92 Å². The number of carbonyl (C=O) groups is 1. The van der Waals surface area contributed by atoms with Crippen LogP contribution in [0, 0.1) is 0 Å². The van der Waals surface area contributed by atoms with Gasteiger partial charge in [0.25, 0.3) is 0 Å². The van der Waals surface area contributed by atoms with Crippen molar-refractivity contribution in [2.45, 2.75) is 58.0 Å². The van der Waals surface area contributed by atoms with Crippen molar-refractivity contribution in [3.05, 3.63) is 46.4 Å². The van der Waals surface area contributed by atoms with Crippen molar-refractivity contribution < 1.29 is 4.79 Å². The van der Waals surface area contributed by atoms with E-state index in [0.717, 1.165) is 75.9 Å². The molecule has 5 rings (SSSR count). The Balaban J connectivity index is 1.35. The Morgan fingerprint density at radius 2 is 2.03 bits per heavy atom. The Morgan fingerprint density at radius 1 is 1.15 bits per heavy atom. The second-order valence-electron chi connectivity index (χ2n) is 9.86. The molecule has 176 valence electrons. The molecule has 2 aromatic rings. The van der Waals surface area contributed by atoms with Gasteiger partial charge in [-0.05, 0) is 49.3 Å². The summed E-state index contributed by atoms with van der Waals surface area (Å²) in [4.78, 5) is 28.7. The molecule has 7 heteroatoms. The maximum absolute atomic E-state index is 11.9. The SMILES string of the molecule is CNc1nc([C@H]2CCCN(C(C)=O)C2)nc2c1CCN(Cc1ccc3c(c1)CCCN3C)C2. The fourth-order valence-corrected chi connectivity index (χ4v) is 5.70. The molecule has 0 aliphatic carbocycles. The summed E-state index contributed by atoms with van der Waals surface area (Å²) in [5.74, 6) is 2.22. The molecular weight excluding hydrogens is 412 g/mol. The zero-order valence-corrected chi connectivity index (χ0v) is 20.2. The number of piperidine rings is 1. The maximum atomic E-state index is 11.9. The van der Waals surface area contributed by atoms with Gasteiger partial charge in [0, 0.05) is 77.5 Å². The molecule has 1 aromatic carbocycles. The molecule has 1 aromatic heterocycles. The third-order valence-electron chi connectivity index (χ3n) is 7.53. The molecule has 0 bridgehead atoms. The Morgan fingerprint density at radius 3 is 2.85 bits per heavy atom. The molecule has 3 aliphatic rings. The molecule has 7 nitrogen and oxygen atoms in total. The highest BCUT2D eigenvalue weighted by Gasteiger charge is 2.28. The van der Waals surface area contributed by atoms with Crippen LogP contribution in [0.25, 0.3) is 0 Å². The summed E-state index contributed by atoms with van der Waals surface area (Å²) in [6.45, 7) is 7.20. The smallest absolute Gasteiger partial charge is 0.219 e. The van der Waals surface area contributed by atoms with E-state index < -0.39 is 0 Å². The summed E-state index contributed by atoms with van der Waals surface area (Å²) in [5.41, 5.74) is 6.65. The van der Waals surface area contributed by atoms with Crippen LogP contribution < -0.4 is 10.2 Å². The van der Waals surface area contributed by atoms with E-state index >= 15 is 0 Å². The zero-order valence-electron chi connectivity index (χ0n) is 20.2.